The van der Waals surface area contributed by atoms with Crippen molar-refractivity contribution in [3.8, 4) is 28.4 Å². The van der Waals surface area contributed by atoms with E-state index in [1.165, 1.54) is 18.2 Å². The quantitative estimate of drug-likeness (QED) is 0.132. The van der Waals surface area contributed by atoms with Crippen molar-refractivity contribution in [3.05, 3.63) is 83.6 Å². The third kappa shape index (κ3) is 5.74. The molecule has 10 heteroatoms. The van der Waals surface area contributed by atoms with Gasteiger partial charge in [-0.05, 0) is 48.0 Å². The summed E-state index contributed by atoms with van der Waals surface area (Å²) in [4.78, 5) is 4.45. The lowest BCUT2D eigenvalue weighted by Gasteiger charge is -2.30. The zero-order valence-corrected chi connectivity index (χ0v) is 21.4. The van der Waals surface area contributed by atoms with Gasteiger partial charge >= 0.3 is 6.18 Å². The number of phenols is 1. The molecule has 2 N–H and O–H groups in total. The van der Waals surface area contributed by atoms with Crippen molar-refractivity contribution in [1.29, 1.82) is 0 Å². The predicted molar refractivity (Wildman–Crippen MR) is 141 cm³/mol. The van der Waals surface area contributed by atoms with E-state index in [0.717, 1.165) is 23.1 Å². The number of rotatable bonds is 9. The van der Waals surface area contributed by atoms with Crippen molar-refractivity contribution in [3.63, 3.8) is 0 Å². The SMILES string of the molecule is Oc1ccc2c3c(cnc2c1)-c1ccc(C(F)(F)F)cc1O[C@@H]3c1ccc(OCCNCC(CF)CCl)cc1. The van der Waals surface area contributed by atoms with E-state index in [1.54, 1.807) is 36.5 Å². The van der Waals surface area contributed by atoms with Gasteiger partial charge in [-0.15, -0.1) is 11.6 Å². The van der Waals surface area contributed by atoms with Gasteiger partial charge in [0.1, 0.15) is 23.9 Å². The topological polar surface area (TPSA) is 63.6 Å². The van der Waals surface area contributed by atoms with Crippen LogP contribution in [0.25, 0.3) is 22.0 Å². The number of aromatic hydroxyl groups is 1. The normalized spacial score (nSPS) is 15.4. The summed E-state index contributed by atoms with van der Waals surface area (Å²) in [6, 6.07) is 15.4. The number of nitrogens with one attached hydrogen (secondary N) is 1. The van der Waals surface area contributed by atoms with Gasteiger partial charge in [0, 0.05) is 59.2 Å². The summed E-state index contributed by atoms with van der Waals surface area (Å²) in [6.07, 6.45) is -3.64. The van der Waals surface area contributed by atoms with E-state index in [2.05, 4.69) is 10.3 Å². The van der Waals surface area contributed by atoms with Crippen molar-refractivity contribution in [1.82, 2.24) is 10.3 Å². The highest BCUT2D eigenvalue weighted by molar-refractivity contribution is 6.18. The zero-order valence-electron chi connectivity index (χ0n) is 20.6. The van der Waals surface area contributed by atoms with Gasteiger partial charge in [0.15, 0.2) is 6.10 Å². The number of hydrogen-bond acceptors (Lipinski definition) is 5. The van der Waals surface area contributed by atoms with Gasteiger partial charge in [0.2, 0.25) is 0 Å². The van der Waals surface area contributed by atoms with E-state index >= 15 is 0 Å². The lowest BCUT2D eigenvalue weighted by molar-refractivity contribution is -0.137. The van der Waals surface area contributed by atoms with Crippen LogP contribution in [0.15, 0.2) is 66.9 Å². The van der Waals surface area contributed by atoms with Gasteiger partial charge in [-0.2, -0.15) is 13.2 Å². The number of benzene rings is 3. The minimum atomic E-state index is -4.52. The Morgan fingerprint density at radius 2 is 1.85 bits per heavy atom. The van der Waals surface area contributed by atoms with E-state index in [4.69, 9.17) is 21.1 Å². The first-order chi connectivity index (χ1) is 18.8. The molecule has 1 unspecified atom stereocenters. The molecular weight excluding hydrogens is 536 g/mol. The lowest BCUT2D eigenvalue weighted by Crippen LogP contribution is -2.28. The predicted octanol–water partition coefficient (Wildman–Crippen LogP) is 6.90. The van der Waals surface area contributed by atoms with Crippen LogP contribution >= 0.6 is 11.6 Å². The zero-order chi connectivity index (χ0) is 27.6. The van der Waals surface area contributed by atoms with Crippen LogP contribution in [0.1, 0.15) is 22.8 Å². The smallest absolute Gasteiger partial charge is 0.416 e. The van der Waals surface area contributed by atoms with Crippen molar-refractivity contribution >= 4 is 22.5 Å². The molecule has 0 amide bonds. The standard InChI is InChI=1S/C29H25ClF4N2O3/c30-13-17(14-31)15-35-9-10-38-21-5-1-18(2-6-21)28-27-23-8-4-20(37)12-25(23)36-16-24(27)22-7-3-19(29(32,33)34)11-26(22)39-28/h1-8,11-12,16-17,28,35,37H,9-10,13-15H2/t17?,28-/m1/s1. The van der Waals surface area contributed by atoms with E-state index < -0.39 is 24.5 Å². The second-order valence-corrected chi connectivity index (χ2v) is 9.60. The number of aromatic nitrogens is 1. The number of hydrogen-bond donors (Lipinski definition) is 2. The third-order valence-electron chi connectivity index (χ3n) is 6.60. The van der Waals surface area contributed by atoms with Crippen LogP contribution in [0.5, 0.6) is 17.2 Å². The first-order valence-corrected chi connectivity index (χ1v) is 12.9. The first-order valence-electron chi connectivity index (χ1n) is 12.3. The molecule has 2 heterocycles. The number of ether oxygens (including phenoxy) is 2. The minimum Gasteiger partial charge on any atom is -0.508 e. The molecule has 0 saturated carbocycles. The lowest BCUT2D eigenvalue weighted by atomic mass is 9.87. The van der Waals surface area contributed by atoms with Crippen molar-refractivity contribution in [2.45, 2.75) is 12.3 Å². The van der Waals surface area contributed by atoms with Gasteiger partial charge < -0.3 is 19.9 Å². The van der Waals surface area contributed by atoms with Crippen LogP contribution in [0, 0.1) is 5.92 Å². The summed E-state index contributed by atoms with van der Waals surface area (Å²) in [5.74, 6) is 0.763. The molecule has 4 aromatic rings. The number of phenolic OH excluding ortho intramolecular Hbond substituents is 1. The molecule has 1 aliphatic heterocycles. The van der Waals surface area contributed by atoms with Crippen LogP contribution in [-0.2, 0) is 6.18 Å². The number of halogens is 5. The first kappa shape index (κ1) is 27.0. The highest BCUT2D eigenvalue weighted by Gasteiger charge is 2.35. The second kappa shape index (κ2) is 11.3. The summed E-state index contributed by atoms with van der Waals surface area (Å²) in [6.45, 7) is 0.841. The maximum atomic E-state index is 13.5. The molecule has 0 fully saturated rings. The molecule has 5 nitrogen and oxygen atoms in total. The molecule has 0 aliphatic carbocycles. The van der Waals surface area contributed by atoms with E-state index in [9.17, 15) is 22.7 Å². The summed E-state index contributed by atoms with van der Waals surface area (Å²) >= 11 is 5.70. The molecule has 39 heavy (non-hydrogen) atoms. The van der Waals surface area contributed by atoms with Gasteiger partial charge in [0.05, 0.1) is 17.8 Å². The Labute approximate surface area is 227 Å². The summed E-state index contributed by atoms with van der Waals surface area (Å²) in [5.41, 5.74) is 2.35. The Kier molecular flexibility index (Phi) is 7.81. The molecule has 0 saturated heterocycles. The molecule has 3 aromatic carbocycles. The largest absolute Gasteiger partial charge is 0.508 e. The maximum absolute atomic E-state index is 13.5. The highest BCUT2D eigenvalue weighted by atomic mass is 35.5. The Balaban J connectivity index is 1.44. The van der Waals surface area contributed by atoms with Crippen molar-refractivity contribution in [2.24, 2.45) is 5.92 Å². The molecule has 0 spiro atoms. The van der Waals surface area contributed by atoms with Gasteiger partial charge in [-0.3, -0.25) is 9.37 Å². The third-order valence-corrected chi connectivity index (χ3v) is 7.04. The summed E-state index contributed by atoms with van der Waals surface area (Å²) in [5, 5.41) is 13.8. The molecule has 2 atom stereocenters. The van der Waals surface area contributed by atoms with Crippen LogP contribution < -0.4 is 14.8 Å². The van der Waals surface area contributed by atoms with E-state index in [-0.39, 0.29) is 23.3 Å². The van der Waals surface area contributed by atoms with Crippen LogP contribution in [0.2, 0.25) is 0 Å². The van der Waals surface area contributed by atoms with Crippen LogP contribution in [-0.4, -0.2) is 42.3 Å². The Hall–Kier alpha value is -3.56. The van der Waals surface area contributed by atoms with Gasteiger partial charge in [-0.25, -0.2) is 0 Å². The molecule has 204 valence electrons. The van der Waals surface area contributed by atoms with Crippen molar-refractivity contribution < 1.29 is 32.1 Å². The average molecular weight is 561 g/mol. The molecule has 1 aromatic heterocycles. The Bertz CT molecular complexity index is 1460. The molecular formula is C29H25ClF4N2O3. The average Bonchev–Trinajstić information content (AvgIpc) is 2.93. The Morgan fingerprint density at radius 1 is 1.05 bits per heavy atom. The number of fused-ring (bicyclic) bond motifs is 5. The number of alkyl halides is 5. The van der Waals surface area contributed by atoms with Gasteiger partial charge in [-0.1, -0.05) is 12.1 Å². The summed E-state index contributed by atoms with van der Waals surface area (Å²) in [7, 11) is 0. The van der Waals surface area contributed by atoms with Crippen LogP contribution in [0.4, 0.5) is 17.6 Å². The highest BCUT2D eigenvalue weighted by Crippen LogP contribution is 2.48. The monoisotopic (exact) mass is 560 g/mol. The number of pyridine rings is 1. The van der Waals surface area contributed by atoms with Crippen molar-refractivity contribution in [2.75, 3.05) is 32.3 Å². The fraction of sp³-hybridized carbons (Fsp3) is 0.276. The summed E-state index contributed by atoms with van der Waals surface area (Å²) < 4.78 is 65.1. The maximum Gasteiger partial charge on any atom is 0.416 e. The molecule has 0 radical (unpaired) electrons. The van der Waals surface area contributed by atoms with Crippen LogP contribution in [0.3, 0.4) is 0 Å². The van der Waals surface area contributed by atoms with E-state index in [0.29, 0.717) is 47.7 Å². The van der Waals surface area contributed by atoms with E-state index in [1.807, 2.05) is 0 Å². The molecule has 1 aliphatic rings. The number of nitrogens with zero attached hydrogens (tertiary/aromatic N) is 1. The second-order valence-electron chi connectivity index (χ2n) is 9.29. The minimum absolute atomic E-state index is 0.0531. The fourth-order valence-electron chi connectivity index (χ4n) is 4.58. The molecule has 0 bridgehead atoms. The molecule has 5 rings (SSSR count). The fourth-order valence-corrected chi connectivity index (χ4v) is 4.77. The van der Waals surface area contributed by atoms with Gasteiger partial charge in [0.25, 0.3) is 0 Å². The Morgan fingerprint density at radius 3 is 2.56 bits per heavy atom.